The van der Waals surface area contributed by atoms with Gasteiger partial charge in [-0.3, -0.25) is 9.36 Å². The van der Waals surface area contributed by atoms with E-state index in [1.54, 1.807) is 4.57 Å². The number of carbonyl (C=O) groups excluding carboxylic acids is 2. The van der Waals surface area contributed by atoms with E-state index in [1.807, 2.05) is 113 Å². The molecule has 1 atom stereocenters. The monoisotopic (exact) mass is 571 g/mol. The van der Waals surface area contributed by atoms with Gasteiger partial charge in [0.15, 0.2) is 0 Å². The summed E-state index contributed by atoms with van der Waals surface area (Å²) in [6.07, 6.45) is 0.586. The summed E-state index contributed by atoms with van der Waals surface area (Å²) in [6.45, 7) is 12.3. The Bertz CT molecular complexity index is 1600. The van der Waals surface area contributed by atoms with Crippen molar-refractivity contribution in [3.8, 4) is 0 Å². The van der Waals surface area contributed by atoms with E-state index in [-0.39, 0.29) is 11.6 Å². The van der Waals surface area contributed by atoms with Crippen LogP contribution in [0.3, 0.4) is 0 Å². The summed E-state index contributed by atoms with van der Waals surface area (Å²) >= 11 is 0. The van der Waals surface area contributed by atoms with Crippen molar-refractivity contribution >= 4 is 17.5 Å². The SMILES string of the molecule is CCC(c1cc2cc(C)nn2c(=O)n1Cc1ccccc1)N(CCCNC(=O)OC(C)(C)C)C(=O)c1cccc(C)c1. The van der Waals surface area contributed by atoms with Gasteiger partial charge in [-0.1, -0.05) is 55.0 Å². The second-order valence-corrected chi connectivity index (χ2v) is 11.6. The minimum atomic E-state index is -0.600. The molecule has 0 bridgehead atoms. The number of fused-ring (bicyclic) bond motifs is 1. The maximum atomic E-state index is 14.1. The molecule has 0 aliphatic rings. The largest absolute Gasteiger partial charge is 0.444 e. The molecule has 0 spiro atoms. The van der Waals surface area contributed by atoms with Crippen LogP contribution in [0.2, 0.25) is 0 Å². The Morgan fingerprint density at radius 3 is 2.43 bits per heavy atom. The molecule has 4 aromatic rings. The van der Waals surface area contributed by atoms with E-state index in [4.69, 9.17) is 4.74 Å². The van der Waals surface area contributed by atoms with Crippen molar-refractivity contribution in [1.82, 2.24) is 24.4 Å². The molecule has 0 aliphatic heterocycles. The van der Waals surface area contributed by atoms with Crippen LogP contribution in [0.4, 0.5) is 4.79 Å². The van der Waals surface area contributed by atoms with Crippen molar-refractivity contribution in [2.75, 3.05) is 13.1 Å². The fourth-order valence-electron chi connectivity index (χ4n) is 5.12. The second-order valence-electron chi connectivity index (χ2n) is 11.6. The summed E-state index contributed by atoms with van der Waals surface area (Å²) in [5.41, 5.74) is 3.83. The fraction of sp³-hybridized carbons (Fsp3) is 0.394. The van der Waals surface area contributed by atoms with Crippen LogP contribution in [0, 0.1) is 13.8 Å². The van der Waals surface area contributed by atoms with Crippen LogP contribution < -0.4 is 11.0 Å². The van der Waals surface area contributed by atoms with E-state index in [2.05, 4.69) is 10.4 Å². The number of benzene rings is 2. The molecule has 0 fully saturated rings. The Labute approximate surface area is 247 Å². The Kier molecular flexibility index (Phi) is 9.50. The molecule has 2 aromatic heterocycles. The third-order valence-electron chi connectivity index (χ3n) is 6.94. The molecular formula is C33H41N5O4. The van der Waals surface area contributed by atoms with Gasteiger partial charge >= 0.3 is 11.8 Å². The van der Waals surface area contributed by atoms with E-state index in [1.165, 1.54) is 4.52 Å². The van der Waals surface area contributed by atoms with Crippen molar-refractivity contribution < 1.29 is 14.3 Å². The predicted octanol–water partition coefficient (Wildman–Crippen LogP) is 5.67. The van der Waals surface area contributed by atoms with Crippen molar-refractivity contribution in [2.45, 2.75) is 72.6 Å². The minimum Gasteiger partial charge on any atom is -0.444 e. The number of aromatic nitrogens is 3. The first-order valence-corrected chi connectivity index (χ1v) is 14.5. The molecule has 0 saturated heterocycles. The maximum absolute atomic E-state index is 14.1. The molecule has 9 nitrogen and oxygen atoms in total. The number of alkyl carbamates (subject to hydrolysis) is 1. The summed E-state index contributed by atoms with van der Waals surface area (Å²) in [5, 5.41) is 7.22. The first-order chi connectivity index (χ1) is 20.0. The van der Waals surface area contributed by atoms with Crippen LogP contribution in [0.15, 0.2) is 71.5 Å². The summed E-state index contributed by atoms with van der Waals surface area (Å²) in [6, 6.07) is 20.7. The molecule has 2 heterocycles. The molecule has 0 saturated carbocycles. The Balaban J connectivity index is 1.74. The Hall–Kier alpha value is -4.40. The van der Waals surface area contributed by atoms with Crippen molar-refractivity contribution in [3.63, 3.8) is 0 Å². The second kappa shape index (κ2) is 13.1. The highest BCUT2D eigenvalue weighted by Gasteiger charge is 2.28. The van der Waals surface area contributed by atoms with Gasteiger partial charge in [-0.2, -0.15) is 9.61 Å². The maximum Gasteiger partial charge on any atom is 0.407 e. The van der Waals surface area contributed by atoms with E-state index in [0.717, 1.165) is 22.5 Å². The molecule has 1 unspecified atom stereocenters. The zero-order valence-corrected chi connectivity index (χ0v) is 25.4. The van der Waals surface area contributed by atoms with Gasteiger partial charge in [0.1, 0.15) is 5.60 Å². The van der Waals surface area contributed by atoms with E-state index in [9.17, 15) is 14.4 Å². The number of nitrogens with one attached hydrogen (secondary N) is 1. The average Bonchev–Trinajstić information content (AvgIpc) is 3.32. The number of ether oxygens (including phenoxy) is 1. The van der Waals surface area contributed by atoms with E-state index >= 15 is 0 Å². The molecular weight excluding hydrogens is 530 g/mol. The third kappa shape index (κ3) is 7.46. The highest BCUT2D eigenvalue weighted by atomic mass is 16.6. The number of carbonyl (C=O) groups is 2. The quantitative estimate of drug-likeness (QED) is 0.247. The average molecular weight is 572 g/mol. The summed E-state index contributed by atoms with van der Waals surface area (Å²) < 4.78 is 8.51. The molecule has 222 valence electrons. The van der Waals surface area contributed by atoms with E-state index < -0.39 is 17.7 Å². The van der Waals surface area contributed by atoms with Gasteiger partial charge in [-0.25, -0.2) is 9.59 Å². The van der Waals surface area contributed by atoms with Crippen LogP contribution in [-0.4, -0.2) is 49.8 Å². The summed E-state index contributed by atoms with van der Waals surface area (Å²) in [7, 11) is 0. The highest BCUT2D eigenvalue weighted by molar-refractivity contribution is 5.94. The number of nitrogens with zero attached hydrogens (tertiary/aromatic N) is 4. The lowest BCUT2D eigenvalue weighted by molar-refractivity contribution is 0.0523. The lowest BCUT2D eigenvalue weighted by Gasteiger charge is -2.33. The van der Waals surface area contributed by atoms with E-state index in [0.29, 0.717) is 43.6 Å². The first kappa shape index (κ1) is 30.6. The van der Waals surface area contributed by atoms with Gasteiger partial charge in [-0.15, -0.1) is 0 Å². The molecule has 4 rings (SSSR count). The highest BCUT2D eigenvalue weighted by Crippen LogP contribution is 2.28. The number of hydrogen-bond donors (Lipinski definition) is 1. The van der Waals surface area contributed by atoms with Gasteiger partial charge in [0.05, 0.1) is 23.8 Å². The number of hydrogen-bond acceptors (Lipinski definition) is 5. The van der Waals surface area contributed by atoms with Crippen LogP contribution in [-0.2, 0) is 11.3 Å². The molecule has 42 heavy (non-hydrogen) atoms. The Morgan fingerprint density at radius 2 is 1.76 bits per heavy atom. The molecule has 2 aromatic carbocycles. The fourth-order valence-corrected chi connectivity index (χ4v) is 5.12. The van der Waals surface area contributed by atoms with Gasteiger partial charge in [0.2, 0.25) is 0 Å². The van der Waals surface area contributed by atoms with Crippen molar-refractivity contribution in [1.29, 1.82) is 0 Å². The summed E-state index contributed by atoms with van der Waals surface area (Å²) in [4.78, 5) is 42.0. The lowest BCUT2D eigenvalue weighted by atomic mass is 10.0. The standard InChI is InChI=1S/C33H41N5O4/c1-7-28(29-21-27-20-24(3)35-38(27)32(41)37(29)22-25-14-9-8-10-15-25)36(30(39)26-16-11-13-23(2)19-26)18-12-17-34-31(40)42-33(4,5)6/h8-11,13-16,19-21,28H,7,12,17-18,22H2,1-6H3,(H,34,40). The topological polar surface area (TPSA) is 97.9 Å². The zero-order chi connectivity index (χ0) is 30.4. The van der Waals surface area contributed by atoms with Gasteiger partial charge in [-0.05, 0) is 77.3 Å². The predicted molar refractivity (Wildman–Crippen MR) is 164 cm³/mol. The first-order valence-electron chi connectivity index (χ1n) is 14.5. The van der Waals surface area contributed by atoms with Crippen LogP contribution >= 0.6 is 0 Å². The molecule has 2 amide bonds. The molecule has 0 radical (unpaired) electrons. The zero-order valence-electron chi connectivity index (χ0n) is 25.4. The minimum absolute atomic E-state index is 0.133. The molecule has 1 N–H and O–H groups in total. The van der Waals surface area contributed by atoms with Crippen molar-refractivity contribution in [3.05, 3.63) is 105 Å². The third-order valence-corrected chi connectivity index (χ3v) is 6.94. The van der Waals surface area contributed by atoms with Crippen LogP contribution in [0.1, 0.15) is 79.5 Å². The molecule has 9 heteroatoms. The summed E-state index contributed by atoms with van der Waals surface area (Å²) in [5.74, 6) is -0.133. The lowest BCUT2D eigenvalue weighted by Crippen LogP contribution is -2.41. The van der Waals surface area contributed by atoms with Crippen LogP contribution in [0.5, 0.6) is 0 Å². The van der Waals surface area contributed by atoms with Gasteiger partial charge < -0.3 is 15.0 Å². The van der Waals surface area contributed by atoms with Crippen molar-refractivity contribution in [2.24, 2.45) is 0 Å². The number of amides is 2. The Morgan fingerprint density at radius 1 is 1.02 bits per heavy atom. The molecule has 0 aliphatic carbocycles. The number of rotatable bonds is 10. The smallest absolute Gasteiger partial charge is 0.407 e. The normalized spacial score (nSPS) is 12.2. The van der Waals surface area contributed by atoms with Crippen LogP contribution in [0.25, 0.3) is 5.52 Å². The van der Waals surface area contributed by atoms with Gasteiger partial charge in [0.25, 0.3) is 5.91 Å². The van der Waals surface area contributed by atoms with Gasteiger partial charge in [0, 0.05) is 24.3 Å². The number of aryl methyl sites for hydroxylation is 2.